The van der Waals surface area contributed by atoms with Crippen LogP contribution in [-0.2, 0) is 11.2 Å². The monoisotopic (exact) mass is 364 g/mol. The molecule has 2 heterocycles. The number of piperidine rings is 1. The van der Waals surface area contributed by atoms with Crippen molar-refractivity contribution >= 4 is 28.1 Å². The van der Waals surface area contributed by atoms with Crippen molar-refractivity contribution in [3.63, 3.8) is 0 Å². The molecule has 2 rings (SSSR count). The number of nitrogens with two attached hydrogens (primary N) is 1. The van der Waals surface area contributed by atoms with E-state index in [0.29, 0.717) is 17.6 Å². The first-order valence-corrected chi connectivity index (χ1v) is 9.64. The molecule has 8 heteroatoms. The van der Waals surface area contributed by atoms with Gasteiger partial charge in [0.15, 0.2) is 5.17 Å². The molecule has 1 atom stereocenters. The fourth-order valence-corrected chi connectivity index (χ4v) is 3.42. The predicted molar refractivity (Wildman–Crippen MR) is 104 cm³/mol. The predicted octanol–water partition coefficient (Wildman–Crippen LogP) is 2.66. The van der Waals surface area contributed by atoms with Crippen molar-refractivity contribution in [1.29, 1.82) is 5.41 Å². The van der Waals surface area contributed by atoms with Crippen molar-refractivity contribution < 1.29 is 4.74 Å². The van der Waals surface area contributed by atoms with E-state index in [2.05, 4.69) is 26.8 Å². The van der Waals surface area contributed by atoms with E-state index >= 15 is 0 Å². The van der Waals surface area contributed by atoms with Crippen molar-refractivity contribution in [2.75, 3.05) is 24.5 Å². The van der Waals surface area contributed by atoms with Gasteiger partial charge < -0.3 is 15.4 Å². The molecule has 1 aliphatic rings. The van der Waals surface area contributed by atoms with Crippen LogP contribution in [0.15, 0.2) is 17.4 Å². The van der Waals surface area contributed by atoms with Gasteiger partial charge in [0.2, 0.25) is 5.95 Å². The first-order chi connectivity index (χ1) is 12.0. The summed E-state index contributed by atoms with van der Waals surface area (Å²) in [6.45, 7) is 8.46. The number of hydrogen-bond acceptors (Lipinski definition) is 7. The lowest BCUT2D eigenvalue weighted by atomic mass is 9.92. The molecule has 0 amide bonds. The first-order valence-electron chi connectivity index (χ1n) is 8.82. The van der Waals surface area contributed by atoms with Gasteiger partial charge in [-0.1, -0.05) is 6.92 Å². The van der Waals surface area contributed by atoms with Gasteiger partial charge >= 0.3 is 0 Å². The van der Waals surface area contributed by atoms with E-state index in [1.807, 2.05) is 26.2 Å². The van der Waals surface area contributed by atoms with Crippen LogP contribution in [0.25, 0.3) is 0 Å². The standard InChI is InChI=1S/C17H28N6OS/c1-4-13-10-21-17(22-11-13)23-8-6-14(7-9-23)12(3)24-16(19)25-15(18)20-5-2/h10-12,14,19H,4-9H2,1-3H3,(H2,18,20)/t12-/m1/s1. The Labute approximate surface area is 154 Å². The molecule has 1 saturated heterocycles. The van der Waals surface area contributed by atoms with Crippen molar-refractivity contribution in [3.8, 4) is 0 Å². The summed E-state index contributed by atoms with van der Waals surface area (Å²) < 4.78 is 5.71. The summed E-state index contributed by atoms with van der Waals surface area (Å²) in [5.41, 5.74) is 6.87. The highest BCUT2D eigenvalue weighted by Gasteiger charge is 2.27. The smallest absolute Gasteiger partial charge is 0.251 e. The number of amidine groups is 1. The molecular formula is C17H28N6OS. The Morgan fingerprint density at radius 2 is 2.04 bits per heavy atom. The van der Waals surface area contributed by atoms with Gasteiger partial charge in [-0.15, -0.1) is 0 Å². The summed E-state index contributed by atoms with van der Waals surface area (Å²) in [5, 5.41) is 8.40. The second-order valence-corrected chi connectivity index (χ2v) is 7.09. The van der Waals surface area contributed by atoms with Gasteiger partial charge in [0.1, 0.15) is 6.10 Å². The number of anilines is 1. The number of aromatic nitrogens is 2. The van der Waals surface area contributed by atoms with Crippen molar-refractivity contribution in [3.05, 3.63) is 18.0 Å². The molecule has 138 valence electrons. The highest BCUT2D eigenvalue weighted by atomic mass is 32.2. The number of rotatable bonds is 5. The maximum atomic E-state index is 7.91. The molecule has 1 fully saturated rings. The minimum atomic E-state index is -0.0139. The lowest BCUT2D eigenvalue weighted by molar-refractivity contribution is 0.125. The number of aliphatic imine (C=N–C) groups is 1. The van der Waals surface area contributed by atoms with Crippen molar-refractivity contribution in [2.45, 2.75) is 46.1 Å². The number of nitrogens with zero attached hydrogens (tertiary/aromatic N) is 4. The van der Waals surface area contributed by atoms with E-state index < -0.39 is 0 Å². The Morgan fingerprint density at radius 3 is 2.60 bits per heavy atom. The molecule has 1 aromatic rings. The molecular weight excluding hydrogens is 336 g/mol. The molecule has 0 bridgehead atoms. The average molecular weight is 365 g/mol. The summed E-state index contributed by atoms with van der Waals surface area (Å²) in [4.78, 5) is 15.2. The number of ether oxygens (including phenoxy) is 1. The van der Waals surface area contributed by atoms with E-state index in [4.69, 9.17) is 15.9 Å². The van der Waals surface area contributed by atoms with Crippen LogP contribution in [0, 0.1) is 11.3 Å². The molecule has 0 spiro atoms. The summed E-state index contributed by atoms with van der Waals surface area (Å²) >= 11 is 1.08. The van der Waals surface area contributed by atoms with Gasteiger partial charge in [-0.25, -0.2) is 9.97 Å². The number of hydrogen-bond donors (Lipinski definition) is 2. The highest BCUT2D eigenvalue weighted by Crippen LogP contribution is 2.25. The van der Waals surface area contributed by atoms with Gasteiger partial charge in [-0.2, -0.15) is 0 Å². The third-order valence-electron chi connectivity index (χ3n) is 4.39. The Kier molecular flexibility index (Phi) is 7.49. The molecule has 0 saturated carbocycles. The molecule has 1 aromatic heterocycles. The van der Waals surface area contributed by atoms with Crippen LogP contribution in [0.4, 0.5) is 5.95 Å². The second kappa shape index (κ2) is 9.60. The Morgan fingerprint density at radius 1 is 1.40 bits per heavy atom. The Bertz CT molecular complexity index is 583. The largest absolute Gasteiger partial charge is 0.470 e. The summed E-state index contributed by atoms with van der Waals surface area (Å²) in [6.07, 6.45) is 6.74. The second-order valence-electron chi connectivity index (χ2n) is 6.09. The summed E-state index contributed by atoms with van der Waals surface area (Å²) in [5.74, 6) is 1.22. The molecule has 25 heavy (non-hydrogen) atoms. The number of nitrogens with one attached hydrogen (secondary N) is 1. The van der Waals surface area contributed by atoms with Gasteiger partial charge in [0.25, 0.3) is 5.23 Å². The molecule has 7 nitrogen and oxygen atoms in total. The molecule has 3 N–H and O–H groups in total. The minimum absolute atomic E-state index is 0.0139. The van der Waals surface area contributed by atoms with Gasteiger partial charge in [0, 0.05) is 43.8 Å². The number of thioether (sulfide) groups is 1. The maximum Gasteiger partial charge on any atom is 0.251 e. The normalized spacial score (nSPS) is 17.4. The Balaban J connectivity index is 1.80. The van der Waals surface area contributed by atoms with Gasteiger partial charge in [0.05, 0.1) is 0 Å². The van der Waals surface area contributed by atoms with Crippen LogP contribution in [0.1, 0.15) is 39.2 Å². The fraction of sp³-hybridized carbons (Fsp3) is 0.647. The third kappa shape index (κ3) is 5.88. The molecule has 0 unspecified atom stereocenters. The first kappa shape index (κ1) is 19.5. The zero-order valence-electron chi connectivity index (χ0n) is 15.2. The van der Waals surface area contributed by atoms with E-state index in [9.17, 15) is 0 Å². The maximum absolute atomic E-state index is 7.91. The van der Waals surface area contributed by atoms with E-state index in [-0.39, 0.29) is 11.3 Å². The fourth-order valence-electron chi connectivity index (χ4n) is 2.83. The summed E-state index contributed by atoms with van der Waals surface area (Å²) in [7, 11) is 0. The van der Waals surface area contributed by atoms with Crippen LogP contribution < -0.4 is 10.6 Å². The highest BCUT2D eigenvalue weighted by molar-refractivity contribution is 8.26. The van der Waals surface area contributed by atoms with Crippen molar-refractivity contribution in [1.82, 2.24) is 9.97 Å². The van der Waals surface area contributed by atoms with Gasteiger partial charge in [-0.05, 0) is 44.6 Å². The molecule has 0 aliphatic carbocycles. The van der Waals surface area contributed by atoms with Crippen LogP contribution in [0.5, 0.6) is 0 Å². The van der Waals surface area contributed by atoms with E-state index in [0.717, 1.165) is 55.6 Å². The van der Waals surface area contributed by atoms with Crippen LogP contribution in [0.2, 0.25) is 0 Å². The SMILES string of the molecule is CCN=C(N)SC(=N)O[C@H](C)C1CCN(c2ncc(CC)cn2)CC1. The molecule has 1 aliphatic heterocycles. The van der Waals surface area contributed by atoms with Crippen LogP contribution in [0.3, 0.4) is 0 Å². The lowest BCUT2D eigenvalue weighted by Crippen LogP contribution is -2.39. The zero-order valence-corrected chi connectivity index (χ0v) is 16.1. The van der Waals surface area contributed by atoms with Crippen LogP contribution in [-0.4, -0.2) is 46.1 Å². The quantitative estimate of drug-likeness (QED) is 0.615. The molecule has 0 radical (unpaired) electrons. The third-order valence-corrected chi connectivity index (χ3v) is 5.01. The summed E-state index contributed by atoms with van der Waals surface area (Å²) in [6, 6.07) is 0. The number of aryl methyl sites for hydroxylation is 1. The van der Waals surface area contributed by atoms with E-state index in [1.165, 1.54) is 0 Å². The minimum Gasteiger partial charge on any atom is -0.470 e. The van der Waals surface area contributed by atoms with E-state index in [1.54, 1.807) is 0 Å². The zero-order chi connectivity index (χ0) is 18.2. The molecule has 0 aromatic carbocycles. The van der Waals surface area contributed by atoms with Crippen molar-refractivity contribution in [2.24, 2.45) is 16.6 Å². The average Bonchev–Trinajstić information content (AvgIpc) is 2.62. The topological polar surface area (TPSA) is 100 Å². The Hall–Kier alpha value is -1.83. The lowest BCUT2D eigenvalue weighted by Gasteiger charge is -2.34. The van der Waals surface area contributed by atoms with Gasteiger partial charge in [-0.3, -0.25) is 10.4 Å². The van der Waals surface area contributed by atoms with Crippen LogP contribution >= 0.6 is 11.8 Å².